The van der Waals surface area contributed by atoms with Gasteiger partial charge in [0.15, 0.2) is 0 Å². The second-order valence-corrected chi connectivity index (χ2v) is 2.63. The summed E-state index contributed by atoms with van der Waals surface area (Å²) in [5, 5.41) is 8.51. The molecule has 0 aliphatic heterocycles. The van der Waals surface area contributed by atoms with Crippen LogP contribution in [0.15, 0.2) is 12.2 Å². The van der Waals surface area contributed by atoms with Crippen molar-refractivity contribution in [1.29, 1.82) is 0 Å². The van der Waals surface area contributed by atoms with Crippen LogP contribution in [0.4, 0.5) is 0 Å². The van der Waals surface area contributed by atoms with Gasteiger partial charge in [0.1, 0.15) is 0 Å². The summed E-state index contributed by atoms with van der Waals surface area (Å²) in [6.45, 7) is 4.14. The number of hydrogen-bond donors (Lipinski definition) is 1. The molecule has 1 N–H and O–H groups in total. The summed E-state index contributed by atoms with van der Waals surface area (Å²) in [6.07, 6.45) is 9.72. The van der Waals surface area contributed by atoms with Crippen LogP contribution in [0, 0.1) is 12.3 Å². The number of aliphatic hydroxyl groups excluding tert-OH is 1. The van der Waals surface area contributed by atoms with Crippen molar-refractivity contribution >= 4 is 0 Å². The lowest BCUT2D eigenvalue weighted by atomic mass is 10.1. The Morgan fingerprint density at radius 3 is 2.55 bits per heavy atom. The maximum atomic E-state index is 8.51. The van der Waals surface area contributed by atoms with Gasteiger partial charge in [0.2, 0.25) is 0 Å². The van der Waals surface area contributed by atoms with E-state index in [0.29, 0.717) is 0 Å². The first-order valence-electron chi connectivity index (χ1n) is 4.02. The van der Waals surface area contributed by atoms with Crippen LogP contribution >= 0.6 is 0 Å². The number of allylic oxidation sites excluding steroid dienone is 1. The van der Waals surface area contributed by atoms with Gasteiger partial charge in [-0.3, -0.25) is 0 Å². The molecule has 0 fully saturated rings. The van der Waals surface area contributed by atoms with Crippen LogP contribution in [0.25, 0.3) is 0 Å². The topological polar surface area (TPSA) is 20.2 Å². The van der Waals surface area contributed by atoms with E-state index in [1.807, 2.05) is 0 Å². The highest BCUT2D eigenvalue weighted by molar-refractivity contribution is 4.95. The third-order valence-corrected chi connectivity index (χ3v) is 1.54. The Hall–Kier alpha value is -0.740. The van der Waals surface area contributed by atoms with Gasteiger partial charge in [-0.1, -0.05) is 12.2 Å². The monoisotopic (exact) mass is 152 g/mol. The molecule has 0 atom stereocenters. The molecular formula is C10H16O. The molecule has 0 aliphatic rings. The Labute approximate surface area is 69.1 Å². The number of terminal acetylenes is 1. The lowest BCUT2D eigenvalue weighted by Gasteiger charge is -2.01. The quantitative estimate of drug-likeness (QED) is 0.351. The summed E-state index contributed by atoms with van der Waals surface area (Å²) in [7, 11) is 0. The molecule has 0 aromatic rings. The Balaban J connectivity index is 3.17. The minimum absolute atomic E-state index is 0.258. The van der Waals surface area contributed by atoms with Crippen LogP contribution in [-0.4, -0.2) is 11.7 Å². The van der Waals surface area contributed by atoms with Crippen molar-refractivity contribution in [3.8, 4) is 12.3 Å². The summed E-state index contributed by atoms with van der Waals surface area (Å²) in [5.74, 6) is 2.59. The van der Waals surface area contributed by atoms with Crippen LogP contribution in [0.5, 0.6) is 0 Å². The molecule has 0 aromatic carbocycles. The van der Waals surface area contributed by atoms with Gasteiger partial charge >= 0.3 is 0 Å². The van der Waals surface area contributed by atoms with E-state index < -0.39 is 0 Å². The average molecular weight is 152 g/mol. The van der Waals surface area contributed by atoms with E-state index in [1.54, 1.807) is 0 Å². The minimum atomic E-state index is 0.258. The Kier molecular flexibility index (Phi) is 6.87. The van der Waals surface area contributed by atoms with Gasteiger partial charge < -0.3 is 5.11 Å². The lowest BCUT2D eigenvalue weighted by Crippen LogP contribution is -1.86. The second kappa shape index (κ2) is 7.37. The maximum absolute atomic E-state index is 8.51. The zero-order valence-electron chi connectivity index (χ0n) is 6.97. The van der Waals surface area contributed by atoms with Gasteiger partial charge in [-0.15, -0.1) is 12.3 Å². The lowest BCUT2D eigenvalue weighted by molar-refractivity contribution is 0.288. The molecule has 0 unspecified atom stereocenters. The molecule has 1 nitrogen and oxygen atoms in total. The zero-order chi connectivity index (χ0) is 8.53. The molecule has 0 bridgehead atoms. The predicted molar refractivity (Wildman–Crippen MR) is 48.1 cm³/mol. The largest absolute Gasteiger partial charge is 0.396 e. The van der Waals surface area contributed by atoms with E-state index in [0.717, 1.165) is 32.1 Å². The first-order chi connectivity index (χ1) is 5.31. The molecular weight excluding hydrogens is 136 g/mol. The van der Waals surface area contributed by atoms with Crippen molar-refractivity contribution in [2.75, 3.05) is 6.61 Å². The SMILES string of the molecule is C#CCCCC(=C)CCCO. The number of unbranched alkanes of at least 4 members (excludes halogenated alkanes) is 1. The van der Waals surface area contributed by atoms with Crippen LogP contribution < -0.4 is 0 Å². The molecule has 0 radical (unpaired) electrons. The molecule has 11 heavy (non-hydrogen) atoms. The van der Waals surface area contributed by atoms with Crippen LogP contribution in [-0.2, 0) is 0 Å². The van der Waals surface area contributed by atoms with Crippen LogP contribution in [0.1, 0.15) is 32.1 Å². The maximum Gasteiger partial charge on any atom is 0.0434 e. The fraction of sp³-hybridized carbons (Fsp3) is 0.600. The first-order valence-corrected chi connectivity index (χ1v) is 4.02. The second-order valence-electron chi connectivity index (χ2n) is 2.63. The van der Waals surface area contributed by atoms with Crippen LogP contribution in [0.3, 0.4) is 0 Å². The molecule has 0 amide bonds. The van der Waals surface area contributed by atoms with Crippen LogP contribution in [0.2, 0.25) is 0 Å². The zero-order valence-corrected chi connectivity index (χ0v) is 6.97. The molecule has 0 spiro atoms. The van der Waals surface area contributed by atoms with Gasteiger partial charge in [-0.05, 0) is 25.7 Å². The predicted octanol–water partition coefficient (Wildman–Crippen LogP) is 2.12. The van der Waals surface area contributed by atoms with Gasteiger partial charge in [0, 0.05) is 13.0 Å². The van der Waals surface area contributed by atoms with Gasteiger partial charge in [-0.2, -0.15) is 0 Å². The van der Waals surface area contributed by atoms with Gasteiger partial charge in [0.05, 0.1) is 0 Å². The Morgan fingerprint density at radius 1 is 1.36 bits per heavy atom. The van der Waals surface area contributed by atoms with E-state index >= 15 is 0 Å². The molecule has 1 heteroatoms. The minimum Gasteiger partial charge on any atom is -0.396 e. The first kappa shape index (κ1) is 10.3. The standard InChI is InChI=1S/C10H16O/c1-3-4-5-7-10(2)8-6-9-11/h1,11H,2,4-9H2. The highest BCUT2D eigenvalue weighted by atomic mass is 16.2. The Bertz CT molecular complexity index is 141. The molecule has 0 saturated heterocycles. The average Bonchev–Trinajstić information content (AvgIpc) is 2.01. The van der Waals surface area contributed by atoms with Crippen molar-refractivity contribution in [1.82, 2.24) is 0 Å². The normalized spacial score (nSPS) is 9.09. The van der Waals surface area contributed by atoms with Crippen molar-refractivity contribution in [2.45, 2.75) is 32.1 Å². The van der Waals surface area contributed by atoms with E-state index in [1.165, 1.54) is 5.57 Å². The summed E-state index contributed by atoms with van der Waals surface area (Å²) < 4.78 is 0. The van der Waals surface area contributed by atoms with Crippen molar-refractivity contribution < 1.29 is 5.11 Å². The van der Waals surface area contributed by atoms with Crippen molar-refractivity contribution in [3.05, 3.63) is 12.2 Å². The summed E-state index contributed by atoms with van der Waals surface area (Å²) in [6, 6.07) is 0. The fourth-order valence-corrected chi connectivity index (χ4v) is 0.895. The highest BCUT2D eigenvalue weighted by Gasteiger charge is 1.92. The number of hydrogen-bond acceptors (Lipinski definition) is 1. The molecule has 0 rings (SSSR count). The van der Waals surface area contributed by atoms with E-state index in [4.69, 9.17) is 11.5 Å². The fourth-order valence-electron chi connectivity index (χ4n) is 0.895. The summed E-state index contributed by atoms with van der Waals surface area (Å²) >= 11 is 0. The summed E-state index contributed by atoms with van der Waals surface area (Å²) in [4.78, 5) is 0. The number of rotatable bonds is 6. The van der Waals surface area contributed by atoms with Gasteiger partial charge in [0.25, 0.3) is 0 Å². The third kappa shape index (κ3) is 7.15. The van der Waals surface area contributed by atoms with Gasteiger partial charge in [-0.25, -0.2) is 0 Å². The van der Waals surface area contributed by atoms with Crippen molar-refractivity contribution in [3.63, 3.8) is 0 Å². The van der Waals surface area contributed by atoms with E-state index in [2.05, 4.69) is 12.5 Å². The van der Waals surface area contributed by atoms with Crippen molar-refractivity contribution in [2.24, 2.45) is 0 Å². The highest BCUT2D eigenvalue weighted by Crippen LogP contribution is 2.10. The summed E-state index contributed by atoms with van der Waals surface area (Å²) in [5.41, 5.74) is 1.20. The number of aliphatic hydroxyl groups is 1. The van der Waals surface area contributed by atoms with E-state index in [-0.39, 0.29) is 6.61 Å². The molecule has 0 aromatic heterocycles. The molecule has 0 saturated carbocycles. The molecule has 62 valence electrons. The molecule has 0 aliphatic carbocycles. The van der Waals surface area contributed by atoms with E-state index in [9.17, 15) is 0 Å². The molecule has 0 heterocycles. The third-order valence-electron chi connectivity index (χ3n) is 1.54. The smallest absolute Gasteiger partial charge is 0.0434 e. The Morgan fingerprint density at radius 2 is 2.00 bits per heavy atom.